The van der Waals surface area contributed by atoms with Crippen LogP contribution in [0.1, 0.15) is 18.4 Å². The second-order valence-corrected chi connectivity index (χ2v) is 5.70. The molecule has 3 heterocycles. The van der Waals surface area contributed by atoms with Crippen LogP contribution in [0.15, 0.2) is 18.2 Å². The number of nitro groups is 1. The Morgan fingerprint density at radius 1 is 1.32 bits per heavy atom. The van der Waals surface area contributed by atoms with Gasteiger partial charge in [0.25, 0.3) is 5.69 Å². The number of nitrogens with zero attached hydrogens (tertiary/aromatic N) is 2. The lowest BCUT2D eigenvalue weighted by Gasteiger charge is -2.45. The van der Waals surface area contributed by atoms with Crippen molar-refractivity contribution in [2.45, 2.75) is 25.8 Å². The highest BCUT2D eigenvalue weighted by Crippen LogP contribution is 2.30. The van der Waals surface area contributed by atoms with Gasteiger partial charge in [-0.3, -0.25) is 10.1 Å². The summed E-state index contributed by atoms with van der Waals surface area (Å²) >= 11 is 0. The number of piperidine rings is 3. The molecule has 3 saturated heterocycles. The van der Waals surface area contributed by atoms with E-state index in [0.29, 0.717) is 12.0 Å². The van der Waals surface area contributed by atoms with Gasteiger partial charge in [0.15, 0.2) is 0 Å². The molecular weight excluding hydrogens is 242 g/mol. The number of benzene rings is 1. The minimum atomic E-state index is -0.325. The molecule has 3 aliphatic rings. The Kier molecular flexibility index (Phi) is 3.14. The summed E-state index contributed by atoms with van der Waals surface area (Å²) in [4.78, 5) is 13.0. The summed E-state index contributed by atoms with van der Waals surface area (Å²) in [5, 5.41) is 14.4. The molecule has 0 spiro atoms. The molecule has 0 radical (unpaired) electrons. The topological polar surface area (TPSA) is 58.4 Å². The van der Waals surface area contributed by atoms with E-state index in [1.807, 2.05) is 13.0 Å². The lowest BCUT2D eigenvalue weighted by atomic mass is 9.84. The van der Waals surface area contributed by atoms with Gasteiger partial charge < -0.3 is 10.2 Å². The lowest BCUT2D eigenvalue weighted by Crippen LogP contribution is -2.53. The Bertz CT molecular complexity index is 495. The van der Waals surface area contributed by atoms with E-state index in [1.54, 1.807) is 12.1 Å². The van der Waals surface area contributed by atoms with Crippen LogP contribution in [-0.4, -0.2) is 35.5 Å². The van der Waals surface area contributed by atoms with Gasteiger partial charge in [0.05, 0.1) is 4.92 Å². The molecule has 0 aromatic heterocycles. The molecule has 3 fully saturated rings. The first-order chi connectivity index (χ1) is 9.11. The lowest BCUT2D eigenvalue weighted by molar-refractivity contribution is -0.384. The Hall–Kier alpha value is -1.62. The molecule has 3 aliphatic heterocycles. The van der Waals surface area contributed by atoms with Crippen molar-refractivity contribution >= 4 is 11.4 Å². The first kappa shape index (κ1) is 12.4. The van der Waals surface area contributed by atoms with Gasteiger partial charge in [0.2, 0.25) is 0 Å². The highest BCUT2D eigenvalue weighted by Gasteiger charge is 2.34. The smallest absolute Gasteiger partial charge is 0.271 e. The Balaban J connectivity index is 1.78. The maximum Gasteiger partial charge on any atom is 0.271 e. The minimum Gasteiger partial charge on any atom is -0.381 e. The van der Waals surface area contributed by atoms with Gasteiger partial charge in [-0.05, 0) is 50.4 Å². The van der Waals surface area contributed by atoms with Crippen molar-refractivity contribution in [2.24, 2.45) is 5.92 Å². The average Bonchev–Trinajstić information content (AvgIpc) is 2.39. The van der Waals surface area contributed by atoms with Crippen LogP contribution in [-0.2, 0) is 0 Å². The first-order valence-electron chi connectivity index (χ1n) is 6.87. The average molecular weight is 261 g/mol. The summed E-state index contributed by atoms with van der Waals surface area (Å²) in [7, 11) is 0. The van der Waals surface area contributed by atoms with E-state index >= 15 is 0 Å². The number of hydrogen-bond acceptors (Lipinski definition) is 4. The summed E-state index contributed by atoms with van der Waals surface area (Å²) < 4.78 is 0. The quantitative estimate of drug-likeness (QED) is 0.670. The minimum absolute atomic E-state index is 0.170. The summed E-state index contributed by atoms with van der Waals surface area (Å²) in [5.74, 6) is 0.713. The highest BCUT2D eigenvalue weighted by atomic mass is 16.6. The number of hydrogen-bond donors (Lipinski definition) is 1. The fraction of sp³-hybridized carbons (Fsp3) is 0.571. The van der Waals surface area contributed by atoms with Gasteiger partial charge in [-0.2, -0.15) is 0 Å². The summed E-state index contributed by atoms with van der Waals surface area (Å²) in [6.07, 6.45) is 2.48. The fourth-order valence-electron chi connectivity index (χ4n) is 3.29. The normalized spacial score (nSPS) is 29.2. The molecule has 4 rings (SSSR count). The van der Waals surface area contributed by atoms with Crippen LogP contribution in [0.25, 0.3) is 0 Å². The number of nitrogens with one attached hydrogen (secondary N) is 1. The van der Waals surface area contributed by atoms with Gasteiger partial charge in [0, 0.05) is 30.4 Å². The zero-order chi connectivity index (χ0) is 13.4. The van der Waals surface area contributed by atoms with Gasteiger partial charge >= 0.3 is 0 Å². The van der Waals surface area contributed by atoms with E-state index in [0.717, 1.165) is 17.8 Å². The van der Waals surface area contributed by atoms with Crippen LogP contribution in [0, 0.1) is 23.0 Å². The Labute approximate surface area is 112 Å². The van der Waals surface area contributed by atoms with Crippen LogP contribution >= 0.6 is 0 Å². The second-order valence-electron chi connectivity index (χ2n) is 5.70. The molecule has 0 aliphatic carbocycles. The van der Waals surface area contributed by atoms with Crippen molar-refractivity contribution in [3.05, 3.63) is 33.9 Å². The third-order valence-corrected chi connectivity index (χ3v) is 4.28. The molecule has 5 heteroatoms. The molecule has 0 saturated carbocycles. The summed E-state index contributed by atoms with van der Waals surface area (Å²) in [6, 6.07) is 5.68. The molecule has 102 valence electrons. The van der Waals surface area contributed by atoms with E-state index in [-0.39, 0.29) is 10.6 Å². The van der Waals surface area contributed by atoms with Crippen molar-refractivity contribution in [3.63, 3.8) is 0 Å². The van der Waals surface area contributed by atoms with Crippen LogP contribution in [0.4, 0.5) is 11.4 Å². The molecule has 1 atom stereocenters. The third-order valence-electron chi connectivity index (χ3n) is 4.28. The van der Waals surface area contributed by atoms with Crippen molar-refractivity contribution in [1.82, 2.24) is 4.90 Å². The molecule has 1 unspecified atom stereocenters. The number of anilines is 1. The molecular formula is C14H19N3O2. The number of fused-ring (bicyclic) bond motifs is 3. The van der Waals surface area contributed by atoms with Crippen LogP contribution in [0.5, 0.6) is 0 Å². The van der Waals surface area contributed by atoms with Crippen LogP contribution in [0.3, 0.4) is 0 Å². The summed E-state index contributed by atoms with van der Waals surface area (Å²) in [5.41, 5.74) is 1.98. The number of nitro benzene ring substituents is 1. The maximum atomic E-state index is 10.9. The van der Waals surface area contributed by atoms with E-state index in [1.165, 1.54) is 25.9 Å². The molecule has 19 heavy (non-hydrogen) atoms. The predicted octanol–water partition coefficient (Wildman–Crippen LogP) is 2.41. The number of rotatable bonds is 3. The van der Waals surface area contributed by atoms with E-state index in [9.17, 15) is 10.1 Å². The molecule has 1 aromatic rings. The number of non-ortho nitro benzene ring substituents is 1. The van der Waals surface area contributed by atoms with Crippen molar-refractivity contribution in [1.29, 1.82) is 0 Å². The zero-order valence-corrected chi connectivity index (χ0v) is 11.1. The largest absolute Gasteiger partial charge is 0.381 e. The Morgan fingerprint density at radius 3 is 2.63 bits per heavy atom. The molecule has 2 bridgehead atoms. The van der Waals surface area contributed by atoms with Gasteiger partial charge in [-0.15, -0.1) is 0 Å². The monoisotopic (exact) mass is 261 g/mol. The third kappa shape index (κ3) is 2.56. The first-order valence-corrected chi connectivity index (χ1v) is 6.87. The zero-order valence-electron chi connectivity index (χ0n) is 11.1. The van der Waals surface area contributed by atoms with Crippen molar-refractivity contribution in [3.8, 4) is 0 Å². The highest BCUT2D eigenvalue weighted by molar-refractivity contribution is 5.54. The van der Waals surface area contributed by atoms with E-state index in [4.69, 9.17) is 0 Å². The van der Waals surface area contributed by atoms with Gasteiger partial charge in [0.1, 0.15) is 0 Å². The second kappa shape index (κ2) is 4.81. The van der Waals surface area contributed by atoms with Gasteiger partial charge in [-0.1, -0.05) is 0 Å². The fourth-order valence-corrected chi connectivity index (χ4v) is 3.29. The Morgan fingerprint density at radius 2 is 2.05 bits per heavy atom. The van der Waals surface area contributed by atoms with E-state index in [2.05, 4.69) is 10.2 Å². The standard InChI is InChI=1S/C14H19N3O2/c1-10-6-12(8-13(7-10)17(18)19)15-14-9-16-4-2-11(14)3-5-16/h6-8,11,14-15H,2-5,9H2,1H3. The predicted molar refractivity (Wildman–Crippen MR) is 74.4 cm³/mol. The molecule has 0 amide bonds. The SMILES string of the molecule is Cc1cc(NC2CN3CCC2CC3)cc([N+](=O)[O-])c1. The summed E-state index contributed by atoms with van der Waals surface area (Å²) in [6.45, 7) is 5.37. The van der Waals surface area contributed by atoms with Crippen molar-refractivity contribution < 1.29 is 4.92 Å². The molecule has 1 aromatic carbocycles. The van der Waals surface area contributed by atoms with Crippen LogP contribution in [0.2, 0.25) is 0 Å². The van der Waals surface area contributed by atoms with Crippen molar-refractivity contribution in [2.75, 3.05) is 25.0 Å². The maximum absolute atomic E-state index is 10.9. The van der Waals surface area contributed by atoms with E-state index < -0.39 is 0 Å². The van der Waals surface area contributed by atoms with Crippen LogP contribution < -0.4 is 5.32 Å². The van der Waals surface area contributed by atoms with Gasteiger partial charge in [-0.25, -0.2) is 0 Å². The molecule has 1 N–H and O–H groups in total. The molecule has 5 nitrogen and oxygen atoms in total. The number of aryl methyl sites for hydroxylation is 1.